The predicted molar refractivity (Wildman–Crippen MR) is 75.5 cm³/mol. The van der Waals surface area contributed by atoms with Crippen LogP contribution in [-0.4, -0.2) is 22.8 Å². The summed E-state index contributed by atoms with van der Waals surface area (Å²) in [5.41, 5.74) is -0.0839. The van der Waals surface area contributed by atoms with Gasteiger partial charge in [0.1, 0.15) is 4.47 Å². The number of alkyl halides is 2. The van der Waals surface area contributed by atoms with Crippen LogP contribution in [0.4, 0.5) is 14.5 Å². The molecule has 1 aromatic rings. The summed E-state index contributed by atoms with van der Waals surface area (Å²) in [5.74, 6) is -3.16. The van der Waals surface area contributed by atoms with Crippen molar-refractivity contribution >= 4 is 27.5 Å². The van der Waals surface area contributed by atoms with Crippen molar-refractivity contribution in [2.75, 3.05) is 0 Å². The summed E-state index contributed by atoms with van der Waals surface area (Å²) in [6.07, 6.45) is -0.112. The van der Waals surface area contributed by atoms with E-state index in [-0.39, 0.29) is 47.4 Å². The van der Waals surface area contributed by atoms with E-state index in [4.69, 9.17) is 0 Å². The zero-order chi connectivity index (χ0) is 15.6. The summed E-state index contributed by atoms with van der Waals surface area (Å²) in [5, 5.41) is 13.5. The summed E-state index contributed by atoms with van der Waals surface area (Å²) in [6, 6.07) is 3.81. The molecule has 0 aromatic heterocycles. The Hall–Kier alpha value is -1.57. The molecule has 21 heavy (non-hydrogen) atoms. The molecule has 1 fully saturated rings. The lowest BCUT2D eigenvalue weighted by atomic mass is 9.92. The topological polar surface area (TPSA) is 72.2 Å². The van der Waals surface area contributed by atoms with Gasteiger partial charge in [-0.3, -0.25) is 14.9 Å². The number of nitrogens with zero attached hydrogens (tertiary/aromatic N) is 1. The molecule has 1 N–H and O–H groups in total. The summed E-state index contributed by atoms with van der Waals surface area (Å²) in [7, 11) is 0. The molecule has 0 bridgehead atoms. The number of rotatable bonds is 3. The lowest BCUT2D eigenvalue weighted by Crippen LogP contribution is -2.40. The van der Waals surface area contributed by atoms with E-state index in [2.05, 4.69) is 21.2 Å². The molecule has 0 radical (unpaired) electrons. The van der Waals surface area contributed by atoms with Crippen LogP contribution in [0.2, 0.25) is 0 Å². The van der Waals surface area contributed by atoms with Crippen LogP contribution in [0.1, 0.15) is 36.0 Å². The molecule has 0 spiro atoms. The number of hydrogen-bond acceptors (Lipinski definition) is 3. The van der Waals surface area contributed by atoms with Gasteiger partial charge in [0, 0.05) is 24.9 Å². The van der Waals surface area contributed by atoms with Crippen LogP contribution < -0.4 is 5.32 Å². The Morgan fingerprint density at radius 3 is 2.57 bits per heavy atom. The van der Waals surface area contributed by atoms with Gasteiger partial charge in [-0.2, -0.15) is 0 Å². The van der Waals surface area contributed by atoms with Crippen molar-refractivity contribution in [1.82, 2.24) is 5.32 Å². The fourth-order valence-corrected chi connectivity index (χ4v) is 2.87. The van der Waals surface area contributed by atoms with E-state index in [0.29, 0.717) is 0 Å². The van der Waals surface area contributed by atoms with E-state index in [1.165, 1.54) is 18.2 Å². The number of carbonyl (C=O) groups is 1. The Balaban J connectivity index is 2.08. The molecular formula is C13H13BrF2N2O3. The zero-order valence-corrected chi connectivity index (χ0v) is 12.5. The highest BCUT2D eigenvalue weighted by molar-refractivity contribution is 9.10. The van der Waals surface area contributed by atoms with Gasteiger partial charge in [-0.15, -0.1) is 0 Å². The third-order valence-corrected chi connectivity index (χ3v) is 4.31. The maximum Gasteiger partial charge on any atom is 0.284 e. The first kappa shape index (κ1) is 15.8. The second kappa shape index (κ2) is 6.05. The van der Waals surface area contributed by atoms with Crippen LogP contribution >= 0.6 is 15.9 Å². The SMILES string of the molecule is O=C(NC1CCC(F)(F)CC1)c1cccc([N+](=O)[O-])c1Br. The lowest BCUT2D eigenvalue weighted by molar-refractivity contribution is -0.385. The Kier molecular flexibility index (Phi) is 4.55. The molecule has 0 aliphatic heterocycles. The first-order valence-corrected chi connectivity index (χ1v) is 7.21. The predicted octanol–water partition coefficient (Wildman–Crippen LogP) is 3.67. The number of nitrogens with one attached hydrogen (secondary N) is 1. The molecule has 8 heteroatoms. The van der Waals surface area contributed by atoms with Crippen LogP contribution in [0, 0.1) is 10.1 Å². The van der Waals surface area contributed by atoms with Crippen LogP contribution in [0.3, 0.4) is 0 Å². The fourth-order valence-electron chi connectivity index (χ4n) is 2.28. The summed E-state index contributed by atoms with van der Waals surface area (Å²) < 4.78 is 26.2. The van der Waals surface area contributed by atoms with E-state index < -0.39 is 16.8 Å². The van der Waals surface area contributed by atoms with Gasteiger partial charge in [0.15, 0.2) is 0 Å². The molecule has 5 nitrogen and oxygen atoms in total. The molecule has 2 rings (SSSR count). The molecular weight excluding hydrogens is 350 g/mol. The van der Waals surface area contributed by atoms with Crippen LogP contribution in [0.5, 0.6) is 0 Å². The van der Waals surface area contributed by atoms with Crippen LogP contribution in [0.25, 0.3) is 0 Å². The van der Waals surface area contributed by atoms with Gasteiger partial charge >= 0.3 is 0 Å². The van der Waals surface area contributed by atoms with Gasteiger partial charge < -0.3 is 5.32 Å². The monoisotopic (exact) mass is 362 g/mol. The highest BCUT2D eigenvalue weighted by atomic mass is 79.9. The second-order valence-electron chi connectivity index (χ2n) is 5.00. The molecule has 114 valence electrons. The van der Waals surface area contributed by atoms with Crippen molar-refractivity contribution in [3.63, 3.8) is 0 Å². The van der Waals surface area contributed by atoms with E-state index in [1.807, 2.05) is 0 Å². The quantitative estimate of drug-likeness (QED) is 0.658. The molecule has 0 unspecified atom stereocenters. The van der Waals surface area contributed by atoms with Crippen LogP contribution in [-0.2, 0) is 0 Å². The van der Waals surface area contributed by atoms with E-state index >= 15 is 0 Å². The second-order valence-corrected chi connectivity index (χ2v) is 5.79. The Bertz CT molecular complexity index is 571. The third kappa shape index (κ3) is 3.75. The van der Waals surface area contributed by atoms with E-state index in [0.717, 1.165) is 0 Å². The average molecular weight is 363 g/mol. The summed E-state index contributed by atoms with van der Waals surface area (Å²) >= 11 is 3.04. The fraction of sp³-hybridized carbons (Fsp3) is 0.462. The smallest absolute Gasteiger partial charge is 0.284 e. The van der Waals surface area contributed by atoms with Gasteiger partial charge in [0.2, 0.25) is 5.92 Å². The number of halogens is 3. The number of amides is 1. The van der Waals surface area contributed by atoms with Crippen molar-refractivity contribution in [2.24, 2.45) is 0 Å². The molecule has 1 aliphatic rings. The average Bonchev–Trinajstić information content (AvgIpc) is 2.41. The Labute approximate surface area is 128 Å². The van der Waals surface area contributed by atoms with E-state index in [1.54, 1.807) is 0 Å². The Morgan fingerprint density at radius 2 is 2.00 bits per heavy atom. The summed E-state index contributed by atoms with van der Waals surface area (Å²) in [6.45, 7) is 0. The minimum absolute atomic E-state index is 0.0913. The molecule has 0 saturated heterocycles. The van der Waals surface area contributed by atoms with Crippen molar-refractivity contribution in [3.8, 4) is 0 Å². The standard InChI is InChI=1S/C13H13BrF2N2O3/c14-11-9(2-1-3-10(11)18(20)21)12(19)17-8-4-6-13(15,16)7-5-8/h1-3,8H,4-7H2,(H,17,19). The van der Waals surface area contributed by atoms with Crippen molar-refractivity contribution < 1.29 is 18.5 Å². The van der Waals surface area contributed by atoms with Crippen molar-refractivity contribution in [2.45, 2.75) is 37.6 Å². The zero-order valence-electron chi connectivity index (χ0n) is 10.9. The Morgan fingerprint density at radius 1 is 1.38 bits per heavy atom. The highest BCUT2D eigenvalue weighted by Crippen LogP contribution is 2.33. The van der Waals surface area contributed by atoms with Gasteiger partial charge in [-0.05, 0) is 34.8 Å². The third-order valence-electron chi connectivity index (χ3n) is 3.47. The first-order chi connectivity index (χ1) is 9.80. The minimum Gasteiger partial charge on any atom is -0.349 e. The van der Waals surface area contributed by atoms with E-state index in [9.17, 15) is 23.7 Å². The number of hydrogen-bond donors (Lipinski definition) is 1. The molecule has 0 atom stereocenters. The number of benzene rings is 1. The van der Waals surface area contributed by atoms with Crippen molar-refractivity contribution in [1.29, 1.82) is 0 Å². The van der Waals surface area contributed by atoms with Gasteiger partial charge in [0.25, 0.3) is 11.6 Å². The summed E-state index contributed by atoms with van der Waals surface area (Å²) in [4.78, 5) is 22.3. The normalized spacial score (nSPS) is 18.2. The largest absolute Gasteiger partial charge is 0.349 e. The van der Waals surface area contributed by atoms with Gasteiger partial charge in [-0.1, -0.05) is 6.07 Å². The number of nitro benzene ring substituents is 1. The number of nitro groups is 1. The van der Waals surface area contributed by atoms with Crippen molar-refractivity contribution in [3.05, 3.63) is 38.3 Å². The van der Waals surface area contributed by atoms with Gasteiger partial charge in [-0.25, -0.2) is 8.78 Å². The van der Waals surface area contributed by atoms with Gasteiger partial charge in [0.05, 0.1) is 10.5 Å². The van der Waals surface area contributed by atoms with Crippen LogP contribution in [0.15, 0.2) is 22.7 Å². The maximum atomic E-state index is 13.0. The lowest BCUT2D eigenvalue weighted by Gasteiger charge is -2.28. The molecule has 0 heterocycles. The highest BCUT2D eigenvalue weighted by Gasteiger charge is 2.35. The molecule has 1 saturated carbocycles. The maximum absolute atomic E-state index is 13.0. The number of carbonyl (C=O) groups excluding carboxylic acids is 1. The minimum atomic E-state index is -2.66. The molecule has 1 amide bonds. The molecule has 1 aromatic carbocycles. The first-order valence-electron chi connectivity index (χ1n) is 6.42. The molecule has 1 aliphatic carbocycles.